The predicted octanol–water partition coefficient (Wildman–Crippen LogP) is 5.96. The lowest BCUT2D eigenvalue weighted by Gasteiger charge is -2.27. The predicted molar refractivity (Wildman–Crippen MR) is 134 cm³/mol. The van der Waals surface area contributed by atoms with Crippen LogP contribution in [0.1, 0.15) is 57.6 Å². The molecule has 8 heteroatoms. The van der Waals surface area contributed by atoms with Crippen LogP contribution in [0.5, 0.6) is 5.75 Å². The molecule has 3 rings (SSSR count). The average molecular weight is 476 g/mol. The number of methoxy groups -OCH3 is 1. The van der Waals surface area contributed by atoms with E-state index in [1.807, 2.05) is 29.6 Å². The second kappa shape index (κ2) is 12.8. The Kier molecular flexibility index (Phi) is 9.87. The first-order chi connectivity index (χ1) is 15.6. The van der Waals surface area contributed by atoms with Crippen LogP contribution in [-0.4, -0.2) is 29.7 Å². The van der Waals surface area contributed by atoms with E-state index in [1.54, 1.807) is 7.11 Å². The summed E-state index contributed by atoms with van der Waals surface area (Å²) in [6.45, 7) is 2.23. The molecule has 0 radical (unpaired) electrons. The molecule has 6 nitrogen and oxygen atoms in total. The van der Waals surface area contributed by atoms with Crippen LogP contribution in [0.15, 0.2) is 29.6 Å². The fraction of sp³-hybridized carbons (Fsp3) is 0.542. The first kappa shape index (κ1) is 24.6. The fourth-order valence-corrected chi connectivity index (χ4v) is 5.50. The van der Waals surface area contributed by atoms with Crippen molar-refractivity contribution in [1.82, 2.24) is 4.98 Å². The van der Waals surface area contributed by atoms with Gasteiger partial charge in [-0.1, -0.05) is 26.2 Å². The Labute approximate surface area is 198 Å². The number of rotatable bonds is 11. The number of carbonyl (C=O) groups excluding carboxylic acids is 2. The molecule has 0 atom stereocenters. The highest BCUT2D eigenvalue weighted by molar-refractivity contribution is 7.99. The molecule has 2 aromatic rings. The zero-order valence-electron chi connectivity index (χ0n) is 18.9. The van der Waals surface area contributed by atoms with Crippen LogP contribution in [0.3, 0.4) is 0 Å². The summed E-state index contributed by atoms with van der Waals surface area (Å²) in [5.74, 6) is 2.67. The second-order valence-electron chi connectivity index (χ2n) is 8.26. The Morgan fingerprint density at radius 2 is 1.91 bits per heavy atom. The Morgan fingerprint density at radius 1 is 1.16 bits per heavy atom. The third kappa shape index (κ3) is 7.81. The molecule has 0 saturated heterocycles. The maximum Gasteiger partial charge on any atom is 0.234 e. The van der Waals surface area contributed by atoms with E-state index >= 15 is 0 Å². The van der Waals surface area contributed by atoms with Crippen molar-refractivity contribution in [2.75, 3.05) is 23.5 Å². The van der Waals surface area contributed by atoms with E-state index in [2.05, 4.69) is 22.5 Å². The Morgan fingerprint density at radius 3 is 2.59 bits per heavy atom. The number of hydrogen-bond acceptors (Lipinski definition) is 6. The van der Waals surface area contributed by atoms with E-state index < -0.39 is 0 Å². The molecule has 1 fully saturated rings. The van der Waals surface area contributed by atoms with Crippen LogP contribution < -0.4 is 15.4 Å². The van der Waals surface area contributed by atoms with E-state index in [1.165, 1.54) is 42.4 Å². The first-order valence-electron chi connectivity index (χ1n) is 11.3. The van der Waals surface area contributed by atoms with Gasteiger partial charge in [-0.05, 0) is 55.9 Å². The number of thioether (sulfide) groups is 1. The summed E-state index contributed by atoms with van der Waals surface area (Å²) >= 11 is 2.95. The zero-order valence-corrected chi connectivity index (χ0v) is 20.5. The normalized spacial score (nSPS) is 18.2. The average Bonchev–Trinajstić information content (AvgIpc) is 3.25. The summed E-state index contributed by atoms with van der Waals surface area (Å²) in [4.78, 5) is 29.3. The first-order valence-corrected chi connectivity index (χ1v) is 13.4. The van der Waals surface area contributed by atoms with Gasteiger partial charge in [0, 0.05) is 22.7 Å². The molecule has 1 aliphatic carbocycles. The molecule has 1 aromatic carbocycles. The third-order valence-electron chi connectivity index (χ3n) is 5.82. The van der Waals surface area contributed by atoms with E-state index in [0.29, 0.717) is 16.6 Å². The Balaban J connectivity index is 1.35. The van der Waals surface area contributed by atoms with Crippen molar-refractivity contribution in [3.05, 3.63) is 35.3 Å². The van der Waals surface area contributed by atoms with E-state index in [4.69, 9.17) is 4.74 Å². The van der Waals surface area contributed by atoms with Gasteiger partial charge in [-0.3, -0.25) is 9.59 Å². The van der Waals surface area contributed by atoms with Gasteiger partial charge in [-0.2, -0.15) is 0 Å². The number of thiazole rings is 1. The number of carbonyl (C=O) groups is 2. The number of anilines is 2. The van der Waals surface area contributed by atoms with Crippen molar-refractivity contribution in [3.63, 3.8) is 0 Å². The van der Waals surface area contributed by atoms with Crippen LogP contribution in [0.2, 0.25) is 0 Å². The summed E-state index contributed by atoms with van der Waals surface area (Å²) < 4.78 is 5.12. The minimum absolute atomic E-state index is 0.0570. The number of aromatic nitrogens is 1. The highest BCUT2D eigenvalue weighted by Gasteiger charge is 2.26. The number of hydrogen-bond donors (Lipinski definition) is 2. The summed E-state index contributed by atoms with van der Waals surface area (Å²) in [6, 6.07) is 7.25. The fourth-order valence-electron chi connectivity index (χ4n) is 3.96. The summed E-state index contributed by atoms with van der Waals surface area (Å²) in [7, 11) is 1.61. The number of unbranched alkanes of at least 4 members (excludes halogenated alkanes) is 1. The summed E-state index contributed by atoms with van der Waals surface area (Å²) in [5, 5.41) is 8.48. The zero-order chi connectivity index (χ0) is 22.8. The highest BCUT2D eigenvalue weighted by atomic mass is 32.2. The molecule has 1 aromatic heterocycles. The third-order valence-corrected chi connectivity index (χ3v) is 7.59. The summed E-state index contributed by atoms with van der Waals surface area (Å²) in [5.41, 5.74) is 1.63. The molecule has 0 bridgehead atoms. The standard InChI is InChI=1S/C24H33N3O3S2/c1-3-4-5-17-6-8-18(9-7-17)23(29)27-24-26-20(15-32-24)14-31-16-22(28)25-19-10-12-21(30-2)13-11-19/h10-13,15,17-18H,3-9,14,16H2,1-2H3,(H,25,28)(H,26,27,29). The number of benzene rings is 1. The van der Waals surface area contributed by atoms with Gasteiger partial charge in [-0.15, -0.1) is 23.1 Å². The molecule has 32 heavy (non-hydrogen) atoms. The van der Waals surface area contributed by atoms with Crippen molar-refractivity contribution in [1.29, 1.82) is 0 Å². The number of amides is 2. The van der Waals surface area contributed by atoms with Crippen molar-refractivity contribution < 1.29 is 14.3 Å². The monoisotopic (exact) mass is 475 g/mol. The van der Waals surface area contributed by atoms with E-state index in [9.17, 15) is 9.59 Å². The number of nitrogens with zero attached hydrogens (tertiary/aromatic N) is 1. The van der Waals surface area contributed by atoms with Crippen molar-refractivity contribution in [2.24, 2.45) is 11.8 Å². The number of nitrogens with one attached hydrogen (secondary N) is 2. The van der Waals surface area contributed by atoms with Gasteiger partial charge in [0.15, 0.2) is 5.13 Å². The molecule has 2 N–H and O–H groups in total. The maximum atomic E-state index is 12.6. The Bertz CT molecular complexity index is 862. The van der Waals surface area contributed by atoms with Crippen LogP contribution in [0.25, 0.3) is 0 Å². The van der Waals surface area contributed by atoms with Crippen LogP contribution in [0.4, 0.5) is 10.8 Å². The minimum Gasteiger partial charge on any atom is -0.497 e. The van der Waals surface area contributed by atoms with Crippen LogP contribution >= 0.6 is 23.1 Å². The molecule has 1 heterocycles. The molecule has 2 amide bonds. The van der Waals surface area contributed by atoms with E-state index in [0.717, 1.165) is 48.7 Å². The topological polar surface area (TPSA) is 80.3 Å². The minimum atomic E-state index is -0.0570. The molecule has 1 saturated carbocycles. The lowest BCUT2D eigenvalue weighted by atomic mass is 9.79. The van der Waals surface area contributed by atoms with Gasteiger partial charge in [0.1, 0.15) is 5.75 Å². The smallest absolute Gasteiger partial charge is 0.234 e. The van der Waals surface area contributed by atoms with Crippen LogP contribution in [-0.2, 0) is 15.3 Å². The van der Waals surface area contributed by atoms with Crippen molar-refractivity contribution in [3.8, 4) is 5.75 Å². The maximum absolute atomic E-state index is 12.6. The number of ether oxygens (including phenoxy) is 1. The summed E-state index contributed by atoms with van der Waals surface area (Å²) in [6.07, 6.45) is 8.14. The molecule has 0 spiro atoms. The molecule has 0 aliphatic heterocycles. The Hall–Kier alpha value is -2.06. The molecule has 1 aliphatic rings. The van der Waals surface area contributed by atoms with Crippen molar-refractivity contribution >= 4 is 45.7 Å². The quantitative estimate of drug-likeness (QED) is 0.419. The van der Waals surface area contributed by atoms with Crippen LogP contribution in [0, 0.1) is 11.8 Å². The van der Waals surface area contributed by atoms with Gasteiger partial charge in [0.25, 0.3) is 0 Å². The molecular weight excluding hydrogens is 442 g/mol. The van der Waals surface area contributed by atoms with Gasteiger partial charge in [0.05, 0.1) is 18.6 Å². The highest BCUT2D eigenvalue weighted by Crippen LogP contribution is 2.33. The van der Waals surface area contributed by atoms with Gasteiger partial charge in [-0.25, -0.2) is 4.98 Å². The van der Waals surface area contributed by atoms with E-state index in [-0.39, 0.29) is 17.7 Å². The van der Waals surface area contributed by atoms with Crippen molar-refractivity contribution in [2.45, 2.75) is 57.6 Å². The largest absolute Gasteiger partial charge is 0.497 e. The molecular formula is C24H33N3O3S2. The van der Waals surface area contributed by atoms with Gasteiger partial charge >= 0.3 is 0 Å². The van der Waals surface area contributed by atoms with Gasteiger partial charge < -0.3 is 15.4 Å². The molecule has 174 valence electrons. The SMILES string of the molecule is CCCCC1CCC(C(=O)Nc2nc(CSCC(=O)Nc3ccc(OC)cc3)cs2)CC1. The lowest BCUT2D eigenvalue weighted by Crippen LogP contribution is -2.27. The second-order valence-corrected chi connectivity index (χ2v) is 10.1. The lowest BCUT2D eigenvalue weighted by molar-refractivity contribution is -0.121. The molecule has 0 unspecified atom stereocenters. The van der Waals surface area contributed by atoms with Gasteiger partial charge in [0.2, 0.25) is 11.8 Å².